The van der Waals surface area contributed by atoms with Gasteiger partial charge in [-0.3, -0.25) is 4.79 Å². The fourth-order valence-electron chi connectivity index (χ4n) is 2.63. The highest BCUT2D eigenvalue weighted by molar-refractivity contribution is 5.95. The van der Waals surface area contributed by atoms with Crippen LogP contribution in [0.2, 0.25) is 0 Å². The second-order valence-corrected chi connectivity index (χ2v) is 4.72. The first-order valence-electron chi connectivity index (χ1n) is 5.95. The Morgan fingerprint density at radius 2 is 2.18 bits per heavy atom. The molecule has 4 heteroatoms. The van der Waals surface area contributed by atoms with Gasteiger partial charge in [-0.25, -0.2) is 0 Å². The molecule has 1 amide bonds. The van der Waals surface area contributed by atoms with Gasteiger partial charge in [0, 0.05) is 24.7 Å². The first-order valence-corrected chi connectivity index (χ1v) is 5.95. The van der Waals surface area contributed by atoms with Gasteiger partial charge >= 0.3 is 0 Å². The van der Waals surface area contributed by atoms with E-state index in [1.165, 1.54) is 0 Å². The molecule has 90 valence electrons. The lowest BCUT2D eigenvalue weighted by atomic mass is 10.2. The molecular formula is C13H16N2O2. The summed E-state index contributed by atoms with van der Waals surface area (Å²) in [6, 6.07) is 7.63. The van der Waals surface area contributed by atoms with Gasteiger partial charge in [-0.15, -0.1) is 0 Å². The molecule has 1 unspecified atom stereocenters. The molecule has 1 saturated carbocycles. The molecule has 1 aliphatic heterocycles. The molecule has 4 nitrogen and oxygen atoms in total. The lowest BCUT2D eigenvalue weighted by Crippen LogP contribution is -2.32. The van der Waals surface area contributed by atoms with Crippen LogP contribution in [0, 0.1) is 11.8 Å². The van der Waals surface area contributed by atoms with Gasteiger partial charge in [0.15, 0.2) is 0 Å². The van der Waals surface area contributed by atoms with E-state index in [9.17, 15) is 4.79 Å². The van der Waals surface area contributed by atoms with Gasteiger partial charge in [-0.05, 0) is 30.0 Å². The molecule has 1 aliphatic carbocycles. The monoisotopic (exact) mass is 232 g/mol. The maximum Gasteiger partial charge on any atom is 0.251 e. The van der Waals surface area contributed by atoms with Crippen molar-refractivity contribution in [3.8, 4) is 5.75 Å². The zero-order valence-corrected chi connectivity index (χ0v) is 9.77. The molecule has 17 heavy (non-hydrogen) atoms. The maximum atomic E-state index is 12.0. The summed E-state index contributed by atoms with van der Waals surface area (Å²) in [5, 5.41) is 6.40. The molecule has 1 aromatic rings. The summed E-state index contributed by atoms with van der Waals surface area (Å²) in [6.07, 6.45) is 0. The summed E-state index contributed by atoms with van der Waals surface area (Å²) < 4.78 is 5.11. The van der Waals surface area contributed by atoms with Crippen LogP contribution >= 0.6 is 0 Å². The number of piperidine rings is 1. The van der Waals surface area contributed by atoms with Crippen LogP contribution in [0.5, 0.6) is 5.75 Å². The molecule has 0 bridgehead atoms. The first-order chi connectivity index (χ1) is 8.29. The lowest BCUT2D eigenvalue weighted by molar-refractivity contribution is 0.0946. The number of benzene rings is 1. The van der Waals surface area contributed by atoms with Gasteiger partial charge in [0.2, 0.25) is 0 Å². The Morgan fingerprint density at radius 3 is 2.88 bits per heavy atom. The van der Waals surface area contributed by atoms with Crippen LogP contribution in [0.3, 0.4) is 0 Å². The molecule has 3 atom stereocenters. The van der Waals surface area contributed by atoms with E-state index in [4.69, 9.17) is 4.74 Å². The van der Waals surface area contributed by atoms with Crippen molar-refractivity contribution in [1.82, 2.24) is 10.6 Å². The zero-order chi connectivity index (χ0) is 11.8. The van der Waals surface area contributed by atoms with Gasteiger partial charge in [0.1, 0.15) is 5.75 Å². The van der Waals surface area contributed by atoms with E-state index in [0.717, 1.165) is 18.8 Å². The predicted molar refractivity (Wildman–Crippen MR) is 64.1 cm³/mol. The number of nitrogens with one attached hydrogen (secondary N) is 2. The van der Waals surface area contributed by atoms with Crippen molar-refractivity contribution < 1.29 is 9.53 Å². The Hall–Kier alpha value is -1.55. The minimum atomic E-state index is 0.00306. The third-order valence-electron chi connectivity index (χ3n) is 3.72. The maximum absolute atomic E-state index is 12.0. The van der Waals surface area contributed by atoms with Gasteiger partial charge < -0.3 is 15.4 Å². The topological polar surface area (TPSA) is 50.4 Å². The molecule has 1 aromatic carbocycles. The minimum Gasteiger partial charge on any atom is -0.497 e. The summed E-state index contributed by atoms with van der Waals surface area (Å²) in [4.78, 5) is 12.0. The van der Waals surface area contributed by atoms with E-state index in [0.29, 0.717) is 23.4 Å². The highest BCUT2D eigenvalue weighted by Crippen LogP contribution is 2.41. The van der Waals surface area contributed by atoms with Crippen molar-refractivity contribution in [1.29, 1.82) is 0 Å². The van der Waals surface area contributed by atoms with Gasteiger partial charge in [0.25, 0.3) is 5.91 Å². The van der Waals surface area contributed by atoms with Crippen molar-refractivity contribution in [2.75, 3.05) is 20.2 Å². The smallest absolute Gasteiger partial charge is 0.251 e. The number of amides is 1. The Morgan fingerprint density at radius 1 is 1.41 bits per heavy atom. The predicted octanol–water partition coefficient (Wildman–Crippen LogP) is 0.643. The molecular weight excluding hydrogens is 216 g/mol. The molecule has 2 aliphatic rings. The average molecular weight is 232 g/mol. The molecule has 1 saturated heterocycles. The number of rotatable bonds is 3. The Bertz CT molecular complexity index is 437. The normalized spacial score (nSPS) is 29.6. The van der Waals surface area contributed by atoms with Crippen LogP contribution in [0.1, 0.15) is 10.4 Å². The Balaban J connectivity index is 1.65. The Labute approximate surface area is 100 Å². The molecule has 3 rings (SSSR count). The second-order valence-electron chi connectivity index (χ2n) is 4.72. The summed E-state index contributed by atoms with van der Waals surface area (Å²) >= 11 is 0. The van der Waals surface area contributed by atoms with Crippen molar-refractivity contribution >= 4 is 5.91 Å². The molecule has 0 aromatic heterocycles. The van der Waals surface area contributed by atoms with Gasteiger partial charge in [-0.2, -0.15) is 0 Å². The standard InChI is InChI=1S/C13H16N2O2/c1-17-9-4-2-3-8(5-9)13(16)15-12-10-6-14-7-11(10)12/h2-5,10-12,14H,6-7H2,1H3,(H,15,16)/t10-,11+,12?. The van der Waals surface area contributed by atoms with E-state index >= 15 is 0 Å². The number of hydrogen-bond acceptors (Lipinski definition) is 3. The van der Waals surface area contributed by atoms with Crippen LogP contribution in [0.4, 0.5) is 0 Å². The fraction of sp³-hybridized carbons (Fsp3) is 0.462. The van der Waals surface area contributed by atoms with E-state index in [1.807, 2.05) is 18.2 Å². The van der Waals surface area contributed by atoms with Crippen LogP contribution in [0.25, 0.3) is 0 Å². The van der Waals surface area contributed by atoms with Crippen molar-refractivity contribution in [2.24, 2.45) is 11.8 Å². The number of methoxy groups -OCH3 is 1. The van der Waals surface area contributed by atoms with Crippen LogP contribution in [-0.2, 0) is 0 Å². The minimum absolute atomic E-state index is 0.00306. The SMILES string of the molecule is COc1cccc(C(=O)NC2[C@H]3CNC[C@@H]23)c1. The second kappa shape index (κ2) is 4.04. The number of hydrogen-bond donors (Lipinski definition) is 2. The fourth-order valence-corrected chi connectivity index (χ4v) is 2.63. The summed E-state index contributed by atoms with van der Waals surface area (Å²) in [5.41, 5.74) is 0.669. The van der Waals surface area contributed by atoms with Gasteiger partial charge in [-0.1, -0.05) is 6.07 Å². The van der Waals surface area contributed by atoms with Crippen molar-refractivity contribution in [3.63, 3.8) is 0 Å². The molecule has 0 radical (unpaired) electrons. The summed E-state index contributed by atoms with van der Waals surface area (Å²) in [6.45, 7) is 2.07. The third kappa shape index (κ3) is 1.89. The first kappa shape index (κ1) is 10.6. The zero-order valence-electron chi connectivity index (χ0n) is 9.77. The van der Waals surface area contributed by atoms with E-state index in [-0.39, 0.29) is 5.91 Å². The molecule has 2 fully saturated rings. The Kier molecular flexibility index (Phi) is 2.52. The average Bonchev–Trinajstić information content (AvgIpc) is 2.80. The van der Waals surface area contributed by atoms with E-state index < -0.39 is 0 Å². The summed E-state index contributed by atoms with van der Waals surface area (Å²) in [5.74, 6) is 2.01. The summed E-state index contributed by atoms with van der Waals surface area (Å²) in [7, 11) is 1.61. The largest absolute Gasteiger partial charge is 0.497 e. The highest BCUT2D eigenvalue weighted by Gasteiger charge is 2.53. The van der Waals surface area contributed by atoms with Gasteiger partial charge in [0.05, 0.1) is 7.11 Å². The number of ether oxygens (including phenoxy) is 1. The van der Waals surface area contributed by atoms with Crippen molar-refractivity contribution in [2.45, 2.75) is 6.04 Å². The van der Waals surface area contributed by atoms with Crippen LogP contribution < -0.4 is 15.4 Å². The van der Waals surface area contributed by atoms with Crippen LogP contribution in [0.15, 0.2) is 24.3 Å². The third-order valence-corrected chi connectivity index (χ3v) is 3.72. The molecule has 2 N–H and O–H groups in total. The molecule has 1 heterocycles. The number of fused-ring (bicyclic) bond motifs is 1. The van der Waals surface area contributed by atoms with Crippen LogP contribution in [-0.4, -0.2) is 32.1 Å². The van der Waals surface area contributed by atoms with E-state index in [1.54, 1.807) is 13.2 Å². The quantitative estimate of drug-likeness (QED) is 0.804. The molecule has 0 spiro atoms. The number of carbonyl (C=O) groups excluding carboxylic acids is 1. The van der Waals surface area contributed by atoms with E-state index in [2.05, 4.69) is 10.6 Å². The number of carbonyl (C=O) groups is 1. The highest BCUT2D eigenvalue weighted by atomic mass is 16.5. The lowest BCUT2D eigenvalue weighted by Gasteiger charge is -2.08. The van der Waals surface area contributed by atoms with Crippen molar-refractivity contribution in [3.05, 3.63) is 29.8 Å².